The smallest absolute Gasteiger partial charge is 0.193 e. The predicted octanol–water partition coefficient (Wildman–Crippen LogP) is 7.88. The number of ketones is 1. The van der Waals surface area contributed by atoms with Crippen molar-refractivity contribution in [1.29, 1.82) is 0 Å². The molecule has 184 valence electrons. The van der Waals surface area contributed by atoms with Gasteiger partial charge >= 0.3 is 0 Å². The molecule has 0 amide bonds. The molecule has 0 aromatic rings. The van der Waals surface area contributed by atoms with Gasteiger partial charge in [-0.1, -0.05) is 67.3 Å². The van der Waals surface area contributed by atoms with E-state index in [9.17, 15) is 4.79 Å². The summed E-state index contributed by atoms with van der Waals surface area (Å²) in [6, 6.07) is 0. The number of allylic oxidation sites excluding steroid dienone is 1. The van der Waals surface area contributed by atoms with Crippen molar-refractivity contribution in [2.24, 2.45) is 5.92 Å². The molecule has 1 saturated carbocycles. The lowest BCUT2D eigenvalue weighted by atomic mass is 9.93. The molecule has 0 radical (unpaired) electrons. The van der Waals surface area contributed by atoms with Crippen molar-refractivity contribution < 1.29 is 13.6 Å². The van der Waals surface area contributed by atoms with Gasteiger partial charge in [0.15, 0.2) is 22.4 Å². The third kappa shape index (κ3) is 5.04. The molecule has 2 aliphatic rings. The second kappa shape index (κ2) is 8.43. The molecule has 2 aliphatic carbocycles. The number of hydrogen-bond donors (Lipinski definition) is 0. The molecule has 1 fully saturated rings. The first-order valence-corrected chi connectivity index (χ1v) is 21.7. The Morgan fingerprint density at radius 2 is 1.47 bits per heavy atom. The van der Waals surface area contributed by atoms with Crippen molar-refractivity contribution in [3.8, 4) is 0 Å². The van der Waals surface area contributed by atoms with Crippen LogP contribution in [0.3, 0.4) is 0 Å². The highest BCUT2D eigenvalue weighted by atomic mass is 28.4. The quantitative estimate of drug-likeness (QED) is 0.267. The van der Waals surface area contributed by atoms with E-state index in [0.717, 1.165) is 18.0 Å². The summed E-state index contributed by atoms with van der Waals surface area (Å²) in [5.41, 5.74) is 0.880. The van der Waals surface area contributed by atoms with E-state index in [2.05, 4.69) is 94.0 Å². The average Bonchev–Trinajstić information content (AvgIpc) is 2.97. The van der Waals surface area contributed by atoms with Gasteiger partial charge in [-0.05, 0) is 65.8 Å². The van der Waals surface area contributed by atoms with Crippen molar-refractivity contribution in [2.75, 3.05) is 0 Å². The number of hydrogen-bond acceptors (Lipinski definition) is 3. The van der Waals surface area contributed by atoms with E-state index < -0.39 is 30.3 Å². The largest absolute Gasteiger partial charge is 0.408 e. The highest BCUT2D eigenvalue weighted by molar-refractivity contribution is 6.87. The summed E-state index contributed by atoms with van der Waals surface area (Å²) >= 11 is 0. The van der Waals surface area contributed by atoms with Gasteiger partial charge in [-0.25, -0.2) is 0 Å². The van der Waals surface area contributed by atoms with Crippen molar-refractivity contribution in [3.63, 3.8) is 0 Å². The Morgan fingerprint density at radius 1 is 0.969 bits per heavy atom. The molecule has 6 heteroatoms. The summed E-state index contributed by atoms with van der Waals surface area (Å²) < 4.78 is 14.6. The number of rotatable bonds is 7. The lowest BCUT2D eigenvalue weighted by Crippen LogP contribution is -2.57. The van der Waals surface area contributed by atoms with E-state index >= 15 is 0 Å². The maximum absolute atomic E-state index is 13.2. The molecule has 3 atom stereocenters. The fourth-order valence-corrected chi connectivity index (χ4v) is 9.88. The third-order valence-corrected chi connectivity index (χ3v) is 19.5. The Hall–Kier alpha value is -0.279. The van der Waals surface area contributed by atoms with Crippen LogP contribution in [0.25, 0.3) is 0 Å². The van der Waals surface area contributed by atoms with Gasteiger partial charge in [0.2, 0.25) is 0 Å². The molecule has 0 N–H and O–H groups in total. The minimum absolute atomic E-state index is 0.0878. The molecule has 2 rings (SSSR count). The number of Topliss-reactive ketones (excluding diaryl/α,β-unsaturated/α-hetero) is 1. The van der Waals surface area contributed by atoms with Crippen LogP contribution in [0.1, 0.15) is 60.8 Å². The number of carbonyl (C=O) groups excluding carboxylic acids is 1. The van der Waals surface area contributed by atoms with E-state index in [-0.39, 0.29) is 22.1 Å². The third-order valence-electron chi connectivity index (χ3n) is 8.51. The zero-order valence-corrected chi connectivity index (χ0v) is 26.3. The molecule has 0 aromatic heterocycles. The summed E-state index contributed by atoms with van der Waals surface area (Å²) in [5, 5.41) is 1.33. The van der Waals surface area contributed by atoms with Crippen LogP contribution in [0, 0.1) is 5.92 Å². The molecule has 3 nitrogen and oxygen atoms in total. The van der Waals surface area contributed by atoms with Crippen LogP contribution in [-0.2, 0) is 13.6 Å². The number of fused-ring (bicyclic) bond motifs is 1. The van der Waals surface area contributed by atoms with Crippen LogP contribution >= 0.6 is 0 Å². The van der Waals surface area contributed by atoms with E-state index in [1.54, 1.807) is 0 Å². The molecule has 0 bridgehead atoms. The molecule has 32 heavy (non-hydrogen) atoms. The van der Waals surface area contributed by atoms with Crippen molar-refractivity contribution in [2.45, 2.75) is 128 Å². The van der Waals surface area contributed by atoms with Crippen LogP contribution in [-0.4, -0.2) is 42.2 Å². The van der Waals surface area contributed by atoms with Gasteiger partial charge in [0.1, 0.15) is 0 Å². The normalized spacial score (nSPS) is 27.8. The molecule has 0 aliphatic heterocycles. The highest BCUT2D eigenvalue weighted by Crippen LogP contribution is 2.57. The molecule has 0 spiro atoms. The first-order valence-electron chi connectivity index (χ1n) is 12.4. The van der Waals surface area contributed by atoms with Crippen LogP contribution < -0.4 is 0 Å². The van der Waals surface area contributed by atoms with Gasteiger partial charge < -0.3 is 8.85 Å². The Bertz CT molecular complexity index is 791. The lowest BCUT2D eigenvalue weighted by Gasteiger charge is -2.49. The predicted molar refractivity (Wildman–Crippen MR) is 146 cm³/mol. The van der Waals surface area contributed by atoms with Gasteiger partial charge in [0, 0.05) is 6.42 Å². The van der Waals surface area contributed by atoms with Gasteiger partial charge in [0.25, 0.3) is 0 Å². The van der Waals surface area contributed by atoms with Gasteiger partial charge in [0.05, 0.1) is 19.8 Å². The monoisotopic (exact) mass is 494 g/mol. The first-order chi connectivity index (χ1) is 14.1. The zero-order chi connectivity index (χ0) is 25.1. The van der Waals surface area contributed by atoms with Gasteiger partial charge in [-0.2, -0.15) is 0 Å². The molecule has 0 aromatic carbocycles. The van der Waals surface area contributed by atoms with Crippen molar-refractivity contribution >= 4 is 30.5 Å². The minimum Gasteiger partial charge on any atom is -0.408 e. The molecular formula is C26H50O3Si3. The summed E-state index contributed by atoms with van der Waals surface area (Å²) in [7, 11) is -6.01. The van der Waals surface area contributed by atoms with Crippen LogP contribution in [0.15, 0.2) is 23.4 Å². The van der Waals surface area contributed by atoms with Crippen LogP contribution in [0.2, 0.25) is 55.9 Å². The van der Waals surface area contributed by atoms with E-state index in [1.165, 1.54) is 5.57 Å². The Kier molecular flexibility index (Phi) is 7.37. The Balaban J connectivity index is 2.76. The lowest BCUT2D eigenvalue weighted by molar-refractivity contribution is -0.115. The van der Waals surface area contributed by atoms with Crippen molar-refractivity contribution in [3.05, 3.63) is 23.4 Å². The zero-order valence-electron chi connectivity index (χ0n) is 23.3. The SMILES string of the molecule is C=CC[C@]1(O[Si](C)(C)C(C)(C)C)C[C@@H]2CC(=O)C([Si](C)(C)C)=C2[C@H]1O[Si](C)(C)C(C)(C)C. The molecule has 0 saturated heterocycles. The Labute approximate surface area is 201 Å². The Morgan fingerprint density at radius 3 is 1.88 bits per heavy atom. The first kappa shape index (κ1) is 28.0. The summed E-state index contributed by atoms with van der Waals surface area (Å²) in [4.78, 5) is 13.2. The van der Waals surface area contributed by atoms with Gasteiger partial charge in [-0.3, -0.25) is 4.79 Å². The second-order valence-electron chi connectivity index (χ2n) is 14.3. The van der Waals surface area contributed by atoms with Crippen LogP contribution in [0.4, 0.5) is 0 Å². The molecular weight excluding hydrogens is 445 g/mol. The molecule has 0 heterocycles. The highest BCUT2D eigenvalue weighted by Gasteiger charge is 2.61. The standard InChI is InChI=1S/C26H50O3Si3/c1-15-16-26(29-32(13,14)25(5,6)7)18-19-17-20(27)22(30(8,9)10)21(19)23(26)28-31(11,12)24(2,3)4/h15,19,23H,1,16-18H2,2-14H3/t19-,23+,26-/m0/s1. The van der Waals surface area contributed by atoms with E-state index in [1.807, 2.05) is 6.08 Å². The maximum atomic E-state index is 13.2. The summed E-state index contributed by atoms with van der Waals surface area (Å²) in [5.74, 6) is 0.622. The topological polar surface area (TPSA) is 35.5 Å². The minimum atomic E-state index is -2.11. The fourth-order valence-electron chi connectivity index (χ4n) is 4.86. The van der Waals surface area contributed by atoms with E-state index in [0.29, 0.717) is 12.2 Å². The van der Waals surface area contributed by atoms with E-state index in [4.69, 9.17) is 8.85 Å². The number of carbonyl (C=O) groups is 1. The second-order valence-corrected chi connectivity index (χ2v) is 28.8. The van der Waals surface area contributed by atoms with Crippen LogP contribution in [0.5, 0.6) is 0 Å². The average molecular weight is 495 g/mol. The maximum Gasteiger partial charge on any atom is 0.193 e. The van der Waals surface area contributed by atoms with Crippen molar-refractivity contribution in [1.82, 2.24) is 0 Å². The fraction of sp³-hybridized carbons (Fsp3) is 0.808. The summed E-state index contributed by atoms with van der Waals surface area (Å²) in [6.07, 6.45) is 4.15. The van der Waals surface area contributed by atoms with Gasteiger partial charge in [-0.15, -0.1) is 6.58 Å². The molecule has 0 unspecified atom stereocenters. The summed E-state index contributed by atoms with van der Waals surface area (Å²) in [6.45, 7) is 34.2.